The monoisotopic (exact) mass is 556 g/mol. The zero-order valence-electron chi connectivity index (χ0n) is 18.3. The number of benzene rings is 4. The van der Waals surface area contributed by atoms with Gasteiger partial charge in [-0.05, 0) is 35.4 Å². The minimum Gasteiger partial charge on any atom is -0.545 e. The third kappa shape index (κ3) is 4.83. The quantitative estimate of drug-likeness (QED) is 0.303. The zero-order chi connectivity index (χ0) is 23.7. The molecule has 35 heavy (non-hydrogen) atoms. The van der Waals surface area contributed by atoms with Gasteiger partial charge < -0.3 is 29.3 Å². The molecule has 0 atom stereocenters. The Morgan fingerprint density at radius 2 is 0.914 bits per heavy atom. The van der Waals surface area contributed by atoms with E-state index >= 15 is 0 Å². The molecule has 2 aliphatic heterocycles. The molecule has 0 radical (unpaired) electrons. The number of para-hydroxylation sites is 2. The molecule has 4 aromatic carbocycles. The van der Waals surface area contributed by atoms with E-state index in [1.54, 1.807) is 36.4 Å². The summed E-state index contributed by atoms with van der Waals surface area (Å²) < 4.78 is 11.4. The van der Waals surface area contributed by atoms with Crippen LogP contribution >= 0.6 is 0 Å². The fourth-order valence-corrected chi connectivity index (χ4v) is 4.19. The molecule has 4 aromatic rings. The van der Waals surface area contributed by atoms with Crippen LogP contribution in [-0.2, 0) is 33.3 Å². The number of rotatable bonds is 2. The first-order chi connectivity index (χ1) is 16.5. The van der Waals surface area contributed by atoms with Crippen LogP contribution in [0.25, 0.3) is 0 Å². The number of carboxylic acids is 2. The number of hydrogen-bond donors (Lipinski definition) is 0. The van der Waals surface area contributed by atoms with E-state index in [4.69, 9.17) is 9.47 Å². The summed E-state index contributed by atoms with van der Waals surface area (Å²) in [6, 6.07) is 25.2. The van der Waals surface area contributed by atoms with Crippen LogP contribution in [0.2, 0.25) is 0 Å². The summed E-state index contributed by atoms with van der Waals surface area (Å²) in [5, 5.41) is 22.0. The second kappa shape index (κ2) is 10.1. The van der Waals surface area contributed by atoms with E-state index in [0.717, 1.165) is 22.6 Å². The SMILES string of the molecule is O=C([O-])c1cccc2c1Cc1ccccc1O2.O=C([O-])c1cccc2c1Cc1ccccc1O2.[Pd+2]. The smallest absolute Gasteiger partial charge is 0.545 e. The average molecular weight is 557 g/mol. The molecule has 0 spiro atoms. The Bertz CT molecular complexity index is 1320. The third-order valence-corrected chi connectivity index (χ3v) is 5.83. The van der Waals surface area contributed by atoms with Crippen molar-refractivity contribution < 1.29 is 49.7 Å². The predicted octanol–water partition coefficient (Wildman–Crippen LogP) is 3.49. The van der Waals surface area contributed by atoms with Gasteiger partial charge in [0.25, 0.3) is 0 Å². The van der Waals surface area contributed by atoms with Crippen molar-refractivity contribution in [1.29, 1.82) is 0 Å². The molecule has 6 nitrogen and oxygen atoms in total. The van der Waals surface area contributed by atoms with Crippen LogP contribution in [0.3, 0.4) is 0 Å². The van der Waals surface area contributed by atoms with E-state index in [1.807, 2.05) is 48.5 Å². The van der Waals surface area contributed by atoms with Gasteiger partial charge in [-0.2, -0.15) is 0 Å². The van der Waals surface area contributed by atoms with Crippen molar-refractivity contribution in [3.63, 3.8) is 0 Å². The van der Waals surface area contributed by atoms with Crippen molar-refractivity contribution in [2.75, 3.05) is 0 Å². The van der Waals surface area contributed by atoms with Crippen LogP contribution in [-0.4, -0.2) is 11.9 Å². The second-order valence-corrected chi connectivity index (χ2v) is 7.91. The topological polar surface area (TPSA) is 98.7 Å². The Morgan fingerprint density at radius 1 is 0.543 bits per heavy atom. The minimum absolute atomic E-state index is 0. The molecule has 0 N–H and O–H groups in total. The van der Waals surface area contributed by atoms with E-state index in [9.17, 15) is 19.8 Å². The first-order valence-electron chi connectivity index (χ1n) is 10.7. The van der Waals surface area contributed by atoms with Gasteiger partial charge >= 0.3 is 20.4 Å². The maximum Gasteiger partial charge on any atom is 2.00 e. The van der Waals surface area contributed by atoms with E-state index < -0.39 is 11.9 Å². The number of carbonyl (C=O) groups is 2. The zero-order valence-corrected chi connectivity index (χ0v) is 19.8. The summed E-state index contributed by atoms with van der Waals surface area (Å²) in [5.41, 5.74) is 3.77. The number of fused-ring (bicyclic) bond motifs is 4. The number of hydrogen-bond acceptors (Lipinski definition) is 6. The van der Waals surface area contributed by atoms with E-state index in [0.29, 0.717) is 35.5 Å². The maximum atomic E-state index is 11.0. The van der Waals surface area contributed by atoms with E-state index in [2.05, 4.69) is 0 Å². The van der Waals surface area contributed by atoms with Gasteiger partial charge in [0.05, 0.1) is 11.9 Å². The van der Waals surface area contributed by atoms with Crippen molar-refractivity contribution >= 4 is 11.9 Å². The first kappa shape index (κ1) is 24.2. The standard InChI is InChI=1S/2C14H10O3.Pd/c2*15-14(16)10-5-3-7-13-11(10)8-9-4-1-2-6-12(9)17-13;/h2*1-7H,8H2,(H,15,16);/q;;+2/p-2. The predicted molar refractivity (Wildman–Crippen MR) is 120 cm³/mol. The Balaban J connectivity index is 0.000000160. The van der Waals surface area contributed by atoms with Crippen molar-refractivity contribution in [2.24, 2.45) is 0 Å². The molecular formula is C28H18O6Pd. The average Bonchev–Trinajstić information content (AvgIpc) is 2.85. The van der Waals surface area contributed by atoms with Crippen LogP contribution in [0.1, 0.15) is 43.0 Å². The van der Waals surface area contributed by atoms with Crippen LogP contribution in [0.4, 0.5) is 0 Å². The summed E-state index contributed by atoms with van der Waals surface area (Å²) in [4.78, 5) is 22.0. The molecule has 0 aromatic heterocycles. The van der Waals surface area contributed by atoms with E-state index in [1.165, 1.54) is 0 Å². The Kier molecular flexibility index (Phi) is 7.02. The van der Waals surface area contributed by atoms with Gasteiger partial charge in [-0.15, -0.1) is 0 Å². The number of aromatic carboxylic acids is 2. The van der Waals surface area contributed by atoms with Gasteiger partial charge in [0, 0.05) is 35.1 Å². The first-order valence-corrected chi connectivity index (χ1v) is 10.7. The molecule has 7 heteroatoms. The molecule has 0 bridgehead atoms. The Hall–Kier alpha value is -3.92. The van der Waals surface area contributed by atoms with Crippen LogP contribution in [0, 0.1) is 0 Å². The molecule has 0 saturated heterocycles. The van der Waals surface area contributed by atoms with Gasteiger partial charge in [0.15, 0.2) is 0 Å². The fourth-order valence-electron chi connectivity index (χ4n) is 4.19. The van der Waals surface area contributed by atoms with Crippen LogP contribution < -0.4 is 19.7 Å². The number of carbonyl (C=O) groups excluding carboxylic acids is 2. The number of carboxylic acid groups (broad SMARTS) is 2. The molecule has 0 fully saturated rings. The molecule has 0 aliphatic carbocycles. The van der Waals surface area contributed by atoms with Gasteiger partial charge in [0.2, 0.25) is 0 Å². The van der Waals surface area contributed by atoms with Gasteiger partial charge in [-0.1, -0.05) is 60.7 Å². The second-order valence-electron chi connectivity index (χ2n) is 7.91. The summed E-state index contributed by atoms with van der Waals surface area (Å²) in [6.45, 7) is 0. The molecule has 2 heterocycles. The largest absolute Gasteiger partial charge is 2.00 e. The van der Waals surface area contributed by atoms with Crippen molar-refractivity contribution in [1.82, 2.24) is 0 Å². The van der Waals surface area contributed by atoms with Crippen molar-refractivity contribution in [3.8, 4) is 23.0 Å². The van der Waals surface area contributed by atoms with Gasteiger partial charge in [-0.25, -0.2) is 0 Å². The molecule has 0 amide bonds. The van der Waals surface area contributed by atoms with Crippen LogP contribution in [0.5, 0.6) is 23.0 Å². The van der Waals surface area contributed by atoms with Crippen LogP contribution in [0.15, 0.2) is 84.9 Å². The Labute approximate surface area is 215 Å². The Morgan fingerprint density at radius 3 is 1.31 bits per heavy atom. The fraction of sp³-hybridized carbons (Fsp3) is 0.0714. The summed E-state index contributed by atoms with van der Waals surface area (Å²) in [7, 11) is 0. The molecule has 0 saturated carbocycles. The molecule has 2 aliphatic rings. The number of ether oxygens (including phenoxy) is 2. The minimum atomic E-state index is -1.16. The molecule has 176 valence electrons. The van der Waals surface area contributed by atoms with Gasteiger partial charge in [-0.3, -0.25) is 0 Å². The summed E-state index contributed by atoms with van der Waals surface area (Å²) >= 11 is 0. The molecule has 0 unspecified atom stereocenters. The van der Waals surface area contributed by atoms with E-state index in [-0.39, 0.29) is 31.5 Å². The third-order valence-electron chi connectivity index (χ3n) is 5.83. The van der Waals surface area contributed by atoms with Gasteiger partial charge in [0.1, 0.15) is 23.0 Å². The van der Waals surface area contributed by atoms with Crippen molar-refractivity contribution in [2.45, 2.75) is 12.8 Å². The summed E-state index contributed by atoms with van der Waals surface area (Å²) in [5.74, 6) is 0.455. The molecule has 6 rings (SSSR count). The normalized spacial score (nSPS) is 11.9. The molecular weight excluding hydrogens is 539 g/mol. The van der Waals surface area contributed by atoms with Crippen molar-refractivity contribution in [3.05, 3.63) is 118 Å². The summed E-state index contributed by atoms with van der Waals surface area (Å²) in [6.07, 6.45) is 1.13. The maximum absolute atomic E-state index is 11.0.